The van der Waals surface area contributed by atoms with Gasteiger partial charge in [0, 0.05) is 12.7 Å². The molecule has 1 fully saturated rings. The molecule has 1 atom stereocenters. The number of nitrogens with zero attached hydrogens (tertiary/aromatic N) is 4. The van der Waals surface area contributed by atoms with Crippen LogP contribution in [0.3, 0.4) is 0 Å². The smallest absolute Gasteiger partial charge is 0.245 e. The molecule has 1 aliphatic rings. The molecular formula is C16H14Cl2N4O2S. The molecule has 1 aromatic carbocycles. The summed E-state index contributed by atoms with van der Waals surface area (Å²) in [5, 5.41) is 8.61. The van der Waals surface area contributed by atoms with E-state index in [1.54, 1.807) is 12.1 Å². The van der Waals surface area contributed by atoms with Crippen LogP contribution in [0.25, 0.3) is 5.65 Å². The van der Waals surface area contributed by atoms with Gasteiger partial charge in [0.15, 0.2) is 11.5 Å². The summed E-state index contributed by atoms with van der Waals surface area (Å²) in [5.74, 6) is 0.606. The van der Waals surface area contributed by atoms with Crippen LogP contribution in [0.15, 0.2) is 47.5 Å². The number of hydrogen-bond donors (Lipinski definition) is 0. The first kappa shape index (κ1) is 16.8. The molecule has 6 nitrogen and oxygen atoms in total. The summed E-state index contributed by atoms with van der Waals surface area (Å²) in [7, 11) is -3.80. The molecule has 0 unspecified atom stereocenters. The number of rotatable bonds is 3. The molecule has 25 heavy (non-hydrogen) atoms. The van der Waals surface area contributed by atoms with E-state index in [1.807, 2.05) is 28.8 Å². The van der Waals surface area contributed by atoms with Gasteiger partial charge in [0.25, 0.3) is 0 Å². The average molecular weight is 397 g/mol. The van der Waals surface area contributed by atoms with E-state index in [0.717, 1.165) is 6.42 Å². The normalized spacial score (nSPS) is 18.9. The molecule has 1 aliphatic heterocycles. The topological polar surface area (TPSA) is 67.6 Å². The van der Waals surface area contributed by atoms with Crippen molar-refractivity contribution in [3.8, 4) is 0 Å². The molecule has 9 heteroatoms. The summed E-state index contributed by atoms with van der Waals surface area (Å²) < 4.78 is 29.6. The Morgan fingerprint density at radius 2 is 1.92 bits per heavy atom. The van der Waals surface area contributed by atoms with Crippen LogP contribution in [0.5, 0.6) is 0 Å². The van der Waals surface area contributed by atoms with Gasteiger partial charge in [0.05, 0.1) is 16.1 Å². The Labute approximate surface area is 155 Å². The van der Waals surface area contributed by atoms with Crippen molar-refractivity contribution < 1.29 is 8.42 Å². The predicted octanol–water partition coefficient (Wildman–Crippen LogP) is 3.56. The van der Waals surface area contributed by atoms with Crippen LogP contribution in [-0.2, 0) is 10.0 Å². The minimum Gasteiger partial charge on any atom is -0.285 e. The maximum atomic E-state index is 13.2. The summed E-state index contributed by atoms with van der Waals surface area (Å²) in [6.45, 7) is 0.400. The second kappa shape index (κ2) is 6.25. The van der Waals surface area contributed by atoms with Crippen molar-refractivity contribution in [3.63, 3.8) is 0 Å². The Kier molecular flexibility index (Phi) is 4.19. The standard InChI is InChI=1S/C16H14Cl2N4O2S/c17-11-5-3-7-13(15(11)18)25(23,24)22-10-4-6-12(22)16-20-19-14-8-1-2-9-21(14)16/h1-3,5,7-9,12H,4,6,10H2/t12-/m0/s1. The molecule has 0 saturated carbocycles. The molecule has 0 spiro atoms. The maximum Gasteiger partial charge on any atom is 0.245 e. The average Bonchev–Trinajstić information content (AvgIpc) is 3.23. The van der Waals surface area contributed by atoms with Gasteiger partial charge in [-0.2, -0.15) is 4.31 Å². The Morgan fingerprint density at radius 1 is 1.08 bits per heavy atom. The van der Waals surface area contributed by atoms with Crippen molar-refractivity contribution in [1.82, 2.24) is 18.9 Å². The second-order valence-electron chi connectivity index (χ2n) is 5.81. The second-order valence-corrected chi connectivity index (χ2v) is 8.46. The lowest BCUT2D eigenvalue weighted by atomic mass is 10.2. The van der Waals surface area contributed by atoms with Gasteiger partial charge in [0.1, 0.15) is 4.90 Å². The first-order chi connectivity index (χ1) is 12.0. The number of halogens is 2. The molecule has 0 radical (unpaired) electrons. The molecule has 0 bridgehead atoms. The highest BCUT2D eigenvalue weighted by atomic mass is 35.5. The van der Waals surface area contributed by atoms with Crippen LogP contribution in [0.1, 0.15) is 24.7 Å². The Bertz CT molecular complexity index is 1050. The van der Waals surface area contributed by atoms with Crippen molar-refractivity contribution in [1.29, 1.82) is 0 Å². The van der Waals surface area contributed by atoms with Gasteiger partial charge in [-0.05, 0) is 37.1 Å². The fraction of sp³-hybridized carbons (Fsp3) is 0.250. The zero-order valence-electron chi connectivity index (χ0n) is 13.0. The van der Waals surface area contributed by atoms with Crippen molar-refractivity contribution >= 4 is 38.9 Å². The highest BCUT2D eigenvalue weighted by Crippen LogP contribution is 2.39. The zero-order valence-corrected chi connectivity index (χ0v) is 15.3. The molecular weight excluding hydrogens is 383 g/mol. The molecule has 4 rings (SSSR count). The monoisotopic (exact) mass is 396 g/mol. The van der Waals surface area contributed by atoms with Crippen molar-refractivity contribution in [2.75, 3.05) is 6.54 Å². The molecule has 0 aliphatic carbocycles. The Morgan fingerprint density at radius 3 is 2.76 bits per heavy atom. The molecule has 0 N–H and O–H groups in total. The van der Waals surface area contributed by atoms with Gasteiger partial charge in [-0.15, -0.1) is 10.2 Å². The molecule has 2 aromatic heterocycles. The van der Waals surface area contributed by atoms with Crippen molar-refractivity contribution in [3.05, 3.63) is 58.5 Å². The van der Waals surface area contributed by atoms with E-state index in [-0.39, 0.29) is 14.9 Å². The maximum absolute atomic E-state index is 13.2. The molecule has 0 amide bonds. The number of aromatic nitrogens is 3. The Balaban J connectivity index is 1.80. The molecule has 3 aromatic rings. The highest BCUT2D eigenvalue weighted by molar-refractivity contribution is 7.89. The zero-order chi connectivity index (χ0) is 17.6. The lowest BCUT2D eigenvalue weighted by molar-refractivity contribution is 0.381. The minimum atomic E-state index is -3.80. The van der Waals surface area contributed by atoms with Crippen LogP contribution >= 0.6 is 23.2 Å². The number of hydrogen-bond acceptors (Lipinski definition) is 4. The third-order valence-corrected chi connectivity index (χ3v) is 7.23. The minimum absolute atomic E-state index is 0.0161. The van der Waals surface area contributed by atoms with Gasteiger partial charge in [0.2, 0.25) is 10.0 Å². The number of pyridine rings is 1. The van der Waals surface area contributed by atoms with Crippen molar-refractivity contribution in [2.24, 2.45) is 0 Å². The first-order valence-electron chi connectivity index (χ1n) is 7.75. The molecule has 1 saturated heterocycles. The largest absolute Gasteiger partial charge is 0.285 e. The summed E-state index contributed by atoms with van der Waals surface area (Å²) in [5.41, 5.74) is 0.683. The van der Waals surface area contributed by atoms with Crippen molar-refractivity contribution in [2.45, 2.75) is 23.8 Å². The molecule has 3 heterocycles. The third kappa shape index (κ3) is 2.71. The van der Waals surface area contributed by atoms with E-state index in [9.17, 15) is 8.42 Å². The fourth-order valence-corrected chi connectivity index (χ4v) is 5.58. The summed E-state index contributed by atoms with van der Waals surface area (Å²) in [6.07, 6.45) is 3.25. The van der Waals surface area contributed by atoms with Gasteiger partial charge >= 0.3 is 0 Å². The van der Waals surface area contributed by atoms with E-state index < -0.39 is 16.1 Å². The number of benzene rings is 1. The van der Waals surface area contributed by atoms with Gasteiger partial charge in [-0.1, -0.05) is 35.3 Å². The van der Waals surface area contributed by atoms with Crippen LogP contribution in [0.4, 0.5) is 0 Å². The van der Waals surface area contributed by atoms with E-state index in [2.05, 4.69) is 10.2 Å². The highest BCUT2D eigenvalue weighted by Gasteiger charge is 2.39. The molecule has 130 valence electrons. The van der Waals surface area contributed by atoms with E-state index in [4.69, 9.17) is 23.2 Å². The Hall–Kier alpha value is -1.67. The van der Waals surface area contributed by atoms with Crippen LogP contribution in [-0.4, -0.2) is 33.9 Å². The lowest BCUT2D eigenvalue weighted by Crippen LogP contribution is -2.31. The van der Waals surface area contributed by atoms with E-state index >= 15 is 0 Å². The lowest BCUT2D eigenvalue weighted by Gasteiger charge is -2.23. The number of fused-ring (bicyclic) bond motifs is 1. The van der Waals surface area contributed by atoms with Gasteiger partial charge in [-0.25, -0.2) is 8.42 Å². The van der Waals surface area contributed by atoms with Crippen LogP contribution in [0, 0.1) is 0 Å². The van der Waals surface area contributed by atoms with E-state index in [0.29, 0.717) is 24.4 Å². The van der Waals surface area contributed by atoms with Gasteiger partial charge < -0.3 is 0 Å². The van der Waals surface area contributed by atoms with Gasteiger partial charge in [-0.3, -0.25) is 4.40 Å². The predicted molar refractivity (Wildman–Crippen MR) is 95.3 cm³/mol. The van der Waals surface area contributed by atoms with Crippen LogP contribution < -0.4 is 0 Å². The summed E-state index contributed by atoms with van der Waals surface area (Å²) in [6, 6.07) is 9.79. The number of sulfonamides is 1. The fourth-order valence-electron chi connectivity index (χ4n) is 3.18. The SMILES string of the molecule is O=S(=O)(c1cccc(Cl)c1Cl)N1CCC[C@H]1c1nnc2ccccn12. The summed E-state index contributed by atoms with van der Waals surface area (Å²) in [4.78, 5) is 0.0161. The third-order valence-electron chi connectivity index (χ3n) is 4.34. The van der Waals surface area contributed by atoms with E-state index in [1.165, 1.54) is 10.4 Å². The van der Waals surface area contributed by atoms with Crippen LogP contribution in [0.2, 0.25) is 10.0 Å². The quantitative estimate of drug-likeness (QED) is 0.678. The first-order valence-corrected chi connectivity index (χ1v) is 9.95. The summed E-state index contributed by atoms with van der Waals surface area (Å²) >= 11 is 12.2.